The summed E-state index contributed by atoms with van der Waals surface area (Å²) in [6, 6.07) is 0.891. The summed E-state index contributed by atoms with van der Waals surface area (Å²) < 4.78 is 0. The van der Waals surface area contributed by atoms with Gasteiger partial charge < -0.3 is 5.32 Å². The van der Waals surface area contributed by atoms with E-state index in [4.69, 9.17) is 0 Å². The predicted molar refractivity (Wildman–Crippen MR) is 68.4 cm³/mol. The summed E-state index contributed by atoms with van der Waals surface area (Å²) in [5, 5.41) is 3.82. The van der Waals surface area contributed by atoms with E-state index in [-0.39, 0.29) is 0 Å². The SMILES string of the molecule is CCCC(C)C1(CNC2CC2)CC2CC2C1. The van der Waals surface area contributed by atoms with Gasteiger partial charge in [-0.05, 0) is 55.3 Å². The van der Waals surface area contributed by atoms with Crippen molar-refractivity contribution in [2.75, 3.05) is 6.54 Å². The van der Waals surface area contributed by atoms with E-state index in [1.807, 2.05) is 0 Å². The molecule has 3 aliphatic rings. The Bertz CT molecular complexity index is 246. The van der Waals surface area contributed by atoms with Crippen LogP contribution in [0.4, 0.5) is 0 Å². The lowest BCUT2D eigenvalue weighted by Crippen LogP contribution is -2.39. The Morgan fingerprint density at radius 2 is 1.94 bits per heavy atom. The lowest BCUT2D eigenvalue weighted by molar-refractivity contribution is 0.144. The van der Waals surface area contributed by atoms with Gasteiger partial charge in [-0.25, -0.2) is 0 Å². The number of fused-ring (bicyclic) bond motifs is 1. The Morgan fingerprint density at radius 1 is 1.25 bits per heavy atom. The molecule has 0 radical (unpaired) electrons. The van der Waals surface area contributed by atoms with Gasteiger partial charge in [0.15, 0.2) is 0 Å². The number of rotatable bonds is 6. The summed E-state index contributed by atoms with van der Waals surface area (Å²) in [4.78, 5) is 0. The van der Waals surface area contributed by atoms with Crippen LogP contribution >= 0.6 is 0 Å². The van der Waals surface area contributed by atoms with Crippen LogP contribution in [0.2, 0.25) is 0 Å². The third kappa shape index (κ3) is 2.03. The fourth-order valence-electron chi connectivity index (χ4n) is 4.03. The van der Waals surface area contributed by atoms with Crippen LogP contribution in [0.1, 0.15) is 58.8 Å². The van der Waals surface area contributed by atoms with Gasteiger partial charge in [-0.1, -0.05) is 26.7 Å². The Kier molecular flexibility index (Phi) is 2.78. The van der Waals surface area contributed by atoms with Crippen LogP contribution in [0, 0.1) is 23.2 Å². The molecular weight excluding hydrogens is 194 g/mol. The first kappa shape index (κ1) is 11.1. The molecule has 0 aromatic rings. The first-order valence-electron chi connectivity index (χ1n) is 7.47. The fraction of sp³-hybridized carbons (Fsp3) is 1.00. The fourth-order valence-corrected chi connectivity index (χ4v) is 4.03. The quantitative estimate of drug-likeness (QED) is 0.723. The second-order valence-electron chi connectivity index (χ2n) is 6.87. The molecule has 3 rings (SSSR count). The van der Waals surface area contributed by atoms with Gasteiger partial charge in [-0.2, -0.15) is 0 Å². The molecule has 3 unspecified atom stereocenters. The van der Waals surface area contributed by atoms with Crippen LogP contribution in [0.25, 0.3) is 0 Å². The van der Waals surface area contributed by atoms with Gasteiger partial charge in [0.05, 0.1) is 0 Å². The summed E-state index contributed by atoms with van der Waals surface area (Å²) >= 11 is 0. The van der Waals surface area contributed by atoms with Crippen molar-refractivity contribution in [3.8, 4) is 0 Å². The molecule has 0 spiro atoms. The van der Waals surface area contributed by atoms with E-state index in [2.05, 4.69) is 19.2 Å². The molecule has 0 aromatic carbocycles. The zero-order valence-corrected chi connectivity index (χ0v) is 11.0. The van der Waals surface area contributed by atoms with Crippen molar-refractivity contribution in [3.63, 3.8) is 0 Å². The highest BCUT2D eigenvalue weighted by molar-refractivity contribution is 5.06. The lowest BCUT2D eigenvalue weighted by Gasteiger charge is -2.37. The van der Waals surface area contributed by atoms with Crippen molar-refractivity contribution in [2.45, 2.75) is 64.8 Å². The highest BCUT2D eigenvalue weighted by Gasteiger charge is 2.55. The van der Waals surface area contributed by atoms with E-state index < -0.39 is 0 Å². The average molecular weight is 221 g/mol. The van der Waals surface area contributed by atoms with Gasteiger partial charge in [0.1, 0.15) is 0 Å². The van der Waals surface area contributed by atoms with Gasteiger partial charge in [0.2, 0.25) is 0 Å². The molecule has 0 saturated heterocycles. The van der Waals surface area contributed by atoms with Gasteiger partial charge in [-0.15, -0.1) is 0 Å². The normalized spacial score (nSPS) is 43.1. The molecule has 0 bridgehead atoms. The zero-order chi connectivity index (χ0) is 11.2. The minimum atomic E-state index is 0.687. The molecule has 3 saturated carbocycles. The summed E-state index contributed by atoms with van der Waals surface area (Å²) in [6.45, 7) is 6.18. The van der Waals surface area contributed by atoms with Gasteiger partial charge in [0.25, 0.3) is 0 Å². The highest BCUT2D eigenvalue weighted by atomic mass is 15.0. The van der Waals surface area contributed by atoms with Gasteiger partial charge in [-0.3, -0.25) is 0 Å². The number of hydrogen-bond acceptors (Lipinski definition) is 1. The Morgan fingerprint density at radius 3 is 2.50 bits per heavy atom. The molecule has 92 valence electrons. The molecule has 16 heavy (non-hydrogen) atoms. The second-order valence-corrected chi connectivity index (χ2v) is 6.87. The summed E-state index contributed by atoms with van der Waals surface area (Å²) in [6.07, 6.45) is 10.3. The maximum absolute atomic E-state index is 3.82. The number of hydrogen-bond donors (Lipinski definition) is 1. The van der Waals surface area contributed by atoms with Crippen molar-refractivity contribution in [2.24, 2.45) is 23.2 Å². The molecule has 1 heteroatoms. The maximum Gasteiger partial charge on any atom is 0.00684 e. The molecular formula is C15H27N. The molecule has 0 amide bonds. The van der Waals surface area contributed by atoms with Crippen LogP contribution in [0.3, 0.4) is 0 Å². The van der Waals surface area contributed by atoms with Crippen LogP contribution in [0.5, 0.6) is 0 Å². The highest BCUT2D eigenvalue weighted by Crippen LogP contribution is 2.62. The van der Waals surface area contributed by atoms with Crippen molar-refractivity contribution in [1.29, 1.82) is 0 Å². The van der Waals surface area contributed by atoms with E-state index >= 15 is 0 Å². The smallest absolute Gasteiger partial charge is 0.00684 e. The molecule has 1 N–H and O–H groups in total. The van der Waals surface area contributed by atoms with Crippen LogP contribution in [0.15, 0.2) is 0 Å². The standard InChI is InChI=1S/C15H27N/c1-3-4-11(2)15(10-16-14-5-6-14)8-12-7-13(12)9-15/h11-14,16H,3-10H2,1-2H3. The molecule has 3 aliphatic carbocycles. The van der Waals surface area contributed by atoms with Gasteiger partial charge in [0, 0.05) is 12.6 Å². The van der Waals surface area contributed by atoms with E-state index in [0.29, 0.717) is 5.41 Å². The van der Waals surface area contributed by atoms with E-state index in [1.54, 1.807) is 19.3 Å². The van der Waals surface area contributed by atoms with Crippen molar-refractivity contribution in [3.05, 3.63) is 0 Å². The Hall–Kier alpha value is -0.0400. The lowest BCUT2D eigenvalue weighted by atomic mass is 9.70. The Labute approximate surface area is 100 Å². The Balaban J connectivity index is 1.61. The zero-order valence-electron chi connectivity index (χ0n) is 11.0. The maximum atomic E-state index is 3.82. The molecule has 0 aliphatic heterocycles. The molecule has 3 fully saturated rings. The van der Waals surface area contributed by atoms with Crippen LogP contribution in [-0.2, 0) is 0 Å². The molecule has 1 nitrogen and oxygen atoms in total. The third-order valence-corrected chi connectivity index (χ3v) is 5.49. The first-order valence-corrected chi connectivity index (χ1v) is 7.47. The van der Waals surface area contributed by atoms with Crippen molar-refractivity contribution < 1.29 is 0 Å². The second kappa shape index (κ2) is 4.01. The molecule has 0 aromatic heterocycles. The van der Waals surface area contributed by atoms with E-state index in [0.717, 1.165) is 23.8 Å². The van der Waals surface area contributed by atoms with E-state index in [1.165, 1.54) is 32.2 Å². The minimum absolute atomic E-state index is 0.687. The molecule has 3 atom stereocenters. The van der Waals surface area contributed by atoms with Crippen molar-refractivity contribution >= 4 is 0 Å². The summed E-state index contributed by atoms with van der Waals surface area (Å²) in [7, 11) is 0. The third-order valence-electron chi connectivity index (χ3n) is 5.49. The van der Waals surface area contributed by atoms with Crippen LogP contribution < -0.4 is 5.32 Å². The topological polar surface area (TPSA) is 12.0 Å². The van der Waals surface area contributed by atoms with Gasteiger partial charge >= 0.3 is 0 Å². The average Bonchev–Trinajstić information content (AvgIpc) is 3.17. The largest absolute Gasteiger partial charge is 0.313 e. The monoisotopic (exact) mass is 221 g/mol. The summed E-state index contributed by atoms with van der Waals surface area (Å²) in [5.41, 5.74) is 0.687. The van der Waals surface area contributed by atoms with Crippen molar-refractivity contribution in [1.82, 2.24) is 5.32 Å². The number of nitrogens with one attached hydrogen (secondary N) is 1. The van der Waals surface area contributed by atoms with E-state index in [9.17, 15) is 0 Å². The summed E-state index contributed by atoms with van der Waals surface area (Å²) in [5.74, 6) is 3.19. The predicted octanol–water partition coefficient (Wildman–Crippen LogP) is 3.59. The first-order chi connectivity index (χ1) is 7.73. The van der Waals surface area contributed by atoms with Crippen LogP contribution in [-0.4, -0.2) is 12.6 Å². The molecule has 0 heterocycles. The minimum Gasteiger partial charge on any atom is -0.313 e.